The largest absolute Gasteiger partial charge is 0.462 e. The van der Waals surface area contributed by atoms with Crippen LogP contribution in [-0.2, 0) is 19.1 Å². The zero-order chi connectivity index (χ0) is 40.7. The van der Waals surface area contributed by atoms with Crippen LogP contribution in [0.5, 0.6) is 0 Å². The molecule has 0 heterocycles. The Hall–Kier alpha value is -2.14. The van der Waals surface area contributed by atoms with Crippen molar-refractivity contribution in [2.24, 2.45) is 0 Å². The van der Waals surface area contributed by atoms with E-state index in [9.17, 15) is 14.7 Å². The lowest BCUT2D eigenvalue weighted by Crippen LogP contribution is -2.28. The Morgan fingerprint density at radius 2 is 0.768 bits per heavy atom. The summed E-state index contributed by atoms with van der Waals surface area (Å²) in [6.45, 7) is 4.05. The van der Waals surface area contributed by atoms with Crippen molar-refractivity contribution < 1.29 is 24.2 Å². The average molecular weight is 785 g/mol. The molecule has 0 aliphatic heterocycles. The van der Waals surface area contributed by atoms with Gasteiger partial charge in [0.15, 0.2) is 6.10 Å². The molecule has 0 aliphatic rings. The number of hydrogen-bond acceptors (Lipinski definition) is 5. The molecule has 0 aromatic carbocycles. The number of rotatable bonds is 44. The van der Waals surface area contributed by atoms with Crippen molar-refractivity contribution in [2.75, 3.05) is 13.2 Å². The van der Waals surface area contributed by atoms with Gasteiger partial charge < -0.3 is 14.6 Å². The van der Waals surface area contributed by atoms with Crippen molar-refractivity contribution in [1.29, 1.82) is 0 Å². The van der Waals surface area contributed by atoms with Crippen molar-refractivity contribution in [3.05, 3.63) is 48.6 Å². The summed E-state index contributed by atoms with van der Waals surface area (Å²) in [7, 11) is 0. The Morgan fingerprint density at radius 3 is 1.16 bits per heavy atom. The van der Waals surface area contributed by atoms with E-state index < -0.39 is 6.10 Å². The third-order valence-corrected chi connectivity index (χ3v) is 10.6. The molecular weight excluding hydrogens is 693 g/mol. The first-order valence-electron chi connectivity index (χ1n) is 24.2. The first-order chi connectivity index (χ1) is 27.6. The van der Waals surface area contributed by atoms with E-state index in [1.165, 1.54) is 154 Å². The molecule has 0 aliphatic carbocycles. The van der Waals surface area contributed by atoms with Gasteiger partial charge in [0.25, 0.3) is 0 Å². The van der Waals surface area contributed by atoms with Crippen LogP contribution in [0.2, 0.25) is 0 Å². The van der Waals surface area contributed by atoms with Gasteiger partial charge in [0, 0.05) is 12.8 Å². The number of esters is 2. The van der Waals surface area contributed by atoms with Gasteiger partial charge in [-0.05, 0) is 51.4 Å². The van der Waals surface area contributed by atoms with Crippen LogP contribution in [0, 0.1) is 0 Å². The highest BCUT2D eigenvalue weighted by atomic mass is 16.6. The molecule has 0 aromatic rings. The Bertz CT molecular complexity index is 935. The van der Waals surface area contributed by atoms with E-state index in [1.807, 2.05) is 0 Å². The Labute approximate surface area is 348 Å². The fraction of sp³-hybridized carbons (Fsp3) is 0.804. The number of allylic oxidation sites excluding steroid dienone is 8. The molecule has 0 saturated heterocycles. The fourth-order valence-corrected chi connectivity index (χ4v) is 7.02. The highest BCUT2D eigenvalue weighted by Gasteiger charge is 2.16. The van der Waals surface area contributed by atoms with E-state index in [1.54, 1.807) is 0 Å². The van der Waals surface area contributed by atoms with Crippen LogP contribution in [0.1, 0.15) is 245 Å². The standard InChI is InChI=1S/C51H92O5/c1-3-5-7-9-11-13-15-17-19-21-22-23-24-25-26-27-28-30-32-34-36-38-40-42-44-46-51(54)56-49(47-52)48-55-50(53)45-43-41-39-37-35-33-31-29-20-18-16-14-12-10-8-6-4-2/h5,7,11,13,17,19,22-23,49,52H,3-4,6,8-10,12,14-16,18,20-21,24-48H2,1-2H3/b7-5-,13-11-,19-17-,23-22-. The minimum Gasteiger partial charge on any atom is -0.462 e. The van der Waals surface area contributed by atoms with E-state index in [0.29, 0.717) is 12.8 Å². The van der Waals surface area contributed by atoms with Gasteiger partial charge >= 0.3 is 11.9 Å². The van der Waals surface area contributed by atoms with Crippen LogP contribution in [0.25, 0.3) is 0 Å². The van der Waals surface area contributed by atoms with Gasteiger partial charge in [0.1, 0.15) is 6.61 Å². The maximum Gasteiger partial charge on any atom is 0.306 e. The molecule has 0 fully saturated rings. The molecule has 56 heavy (non-hydrogen) atoms. The second-order valence-corrected chi connectivity index (χ2v) is 16.2. The Kier molecular flexibility index (Phi) is 45.4. The van der Waals surface area contributed by atoms with Crippen molar-refractivity contribution >= 4 is 11.9 Å². The lowest BCUT2D eigenvalue weighted by Gasteiger charge is -2.15. The number of hydrogen-bond donors (Lipinski definition) is 1. The first-order valence-corrected chi connectivity index (χ1v) is 24.2. The number of ether oxygens (including phenoxy) is 2. The highest BCUT2D eigenvalue weighted by Crippen LogP contribution is 2.16. The molecule has 5 nitrogen and oxygen atoms in total. The zero-order valence-corrected chi connectivity index (χ0v) is 37.1. The van der Waals surface area contributed by atoms with Gasteiger partial charge in [-0.2, -0.15) is 0 Å². The van der Waals surface area contributed by atoms with Crippen molar-refractivity contribution in [1.82, 2.24) is 0 Å². The lowest BCUT2D eigenvalue weighted by molar-refractivity contribution is -0.161. The molecular formula is C51H92O5. The lowest BCUT2D eigenvalue weighted by atomic mass is 10.0. The van der Waals surface area contributed by atoms with E-state index in [2.05, 4.69) is 62.5 Å². The first kappa shape index (κ1) is 53.9. The second-order valence-electron chi connectivity index (χ2n) is 16.2. The third kappa shape index (κ3) is 44.6. The molecule has 1 N–H and O–H groups in total. The fourth-order valence-electron chi connectivity index (χ4n) is 7.02. The SMILES string of the molecule is CC/C=C\C/C=C\C/C=C\C/C=C\CCCCCCCCCCCCCCC(=O)OC(CO)COC(=O)CCCCCCCCCCCCCCCCCCC. The van der Waals surface area contributed by atoms with Crippen molar-refractivity contribution in [3.8, 4) is 0 Å². The van der Waals surface area contributed by atoms with Gasteiger partial charge in [-0.15, -0.1) is 0 Å². The molecule has 326 valence electrons. The molecule has 5 heteroatoms. The summed E-state index contributed by atoms with van der Waals surface area (Å²) >= 11 is 0. The maximum atomic E-state index is 12.3. The summed E-state index contributed by atoms with van der Waals surface area (Å²) in [6.07, 6.45) is 60.5. The Balaban J connectivity index is 3.49. The molecule has 0 spiro atoms. The predicted molar refractivity (Wildman–Crippen MR) is 242 cm³/mol. The zero-order valence-electron chi connectivity index (χ0n) is 37.1. The van der Waals surface area contributed by atoms with Crippen molar-refractivity contribution in [2.45, 2.75) is 251 Å². The van der Waals surface area contributed by atoms with Crippen LogP contribution in [0.4, 0.5) is 0 Å². The Morgan fingerprint density at radius 1 is 0.429 bits per heavy atom. The molecule has 1 atom stereocenters. The summed E-state index contributed by atoms with van der Waals surface area (Å²) < 4.78 is 10.7. The highest BCUT2D eigenvalue weighted by molar-refractivity contribution is 5.70. The molecule has 1 unspecified atom stereocenters. The van der Waals surface area contributed by atoms with Crippen LogP contribution < -0.4 is 0 Å². The summed E-state index contributed by atoms with van der Waals surface area (Å²) in [5.41, 5.74) is 0. The summed E-state index contributed by atoms with van der Waals surface area (Å²) in [6, 6.07) is 0. The number of carbonyl (C=O) groups is 2. The quantitative estimate of drug-likeness (QED) is 0.0378. The van der Waals surface area contributed by atoms with Crippen molar-refractivity contribution in [3.63, 3.8) is 0 Å². The van der Waals surface area contributed by atoms with E-state index in [0.717, 1.165) is 64.2 Å². The third-order valence-electron chi connectivity index (χ3n) is 10.6. The van der Waals surface area contributed by atoms with Crippen LogP contribution in [0.15, 0.2) is 48.6 Å². The molecule has 0 rings (SSSR count). The summed E-state index contributed by atoms with van der Waals surface area (Å²) in [4.78, 5) is 24.4. The van der Waals surface area contributed by atoms with Crippen LogP contribution >= 0.6 is 0 Å². The molecule has 0 amide bonds. The van der Waals surface area contributed by atoms with E-state index in [4.69, 9.17) is 9.47 Å². The number of aliphatic hydroxyl groups excluding tert-OH is 1. The van der Waals surface area contributed by atoms with E-state index >= 15 is 0 Å². The normalized spacial score (nSPS) is 12.6. The minimum atomic E-state index is -0.771. The van der Waals surface area contributed by atoms with Crippen LogP contribution in [0.3, 0.4) is 0 Å². The average Bonchev–Trinajstić information content (AvgIpc) is 3.20. The topological polar surface area (TPSA) is 72.8 Å². The number of aliphatic hydroxyl groups is 1. The molecule has 0 bridgehead atoms. The molecule has 0 saturated carbocycles. The van der Waals surface area contributed by atoms with Gasteiger partial charge in [-0.1, -0.05) is 229 Å². The van der Waals surface area contributed by atoms with Crippen LogP contribution in [-0.4, -0.2) is 36.4 Å². The minimum absolute atomic E-state index is 0.0634. The number of carbonyl (C=O) groups excluding carboxylic acids is 2. The maximum absolute atomic E-state index is 12.3. The van der Waals surface area contributed by atoms with Gasteiger partial charge in [-0.3, -0.25) is 9.59 Å². The summed E-state index contributed by atoms with van der Waals surface area (Å²) in [5, 5.41) is 9.61. The molecule has 0 radical (unpaired) electrons. The predicted octanol–water partition coefficient (Wildman–Crippen LogP) is 15.7. The second kappa shape index (κ2) is 47.2. The summed E-state index contributed by atoms with van der Waals surface area (Å²) in [5.74, 6) is -0.583. The smallest absolute Gasteiger partial charge is 0.306 e. The van der Waals surface area contributed by atoms with E-state index in [-0.39, 0.29) is 25.2 Å². The van der Waals surface area contributed by atoms with Gasteiger partial charge in [0.2, 0.25) is 0 Å². The monoisotopic (exact) mass is 785 g/mol. The van der Waals surface area contributed by atoms with Gasteiger partial charge in [-0.25, -0.2) is 0 Å². The molecule has 0 aromatic heterocycles. The number of unbranched alkanes of at least 4 members (excludes halogenated alkanes) is 28. The van der Waals surface area contributed by atoms with Gasteiger partial charge in [0.05, 0.1) is 6.61 Å².